The van der Waals surface area contributed by atoms with Crippen molar-refractivity contribution in [3.63, 3.8) is 0 Å². The van der Waals surface area contributed by atoms with Gasteiger partial charge >= 0.3 is 0 Å². The minimum absolute atomic E-state index is 0.178. The van der Waals surface area contributed by atoms with Gasteiger partial charge in [0.25, 0.3) is 0 Å². The molecular weight excluding hydrogens is 204 g/mol. The van der Waals surface area contributed by atoms with Crippen molar-refractivity contribution in [3.8, 4) is 0 Å². The maximum atomic E-state index is 11.3. The fourth-order valence-electron chi connectivity index (χ4n) is 1.96. The quantitative estimate of drug-likeness (QED) is 0.738. The number of hydrogen-bond acceptors (Lipinski definition) is 3. The molecule has 4 heteroatoms. The first-order chi connectivity index (χ1) is 7.59. The van der Waals surface area contributed by atoms with Crippen molar-refractivity contribution in [2.75, 3.05) is 27.2 Å². The van der Waals surface area contributed by atoms with Crippen LogP contribution in [0.3, 0.4) is 0 Å². The van der Waals surface area contributed by atoms with E-state index in [9.17, 15) is 4.79 Å². The lowest BCUT2D eigenvalue weighted by atomic mass is 10.1. The standard InChI is InChI=1S/C12H24N2O2/c1-10(9-11-5-4-8-16-11)13-7-6-12(15)14(2)3/h10-11,13H,4-9H2,1-3H3. The summed E-state index contributed by atoms with van der Waals surface area (Å²) in [6.45, 7) is 3.82. The average Bonchev–Trinajstić information content (AvgIpc) is 2.70. The lowest BCUT2D eigenvalue weighted by molar-refractivity contribution is -0.128. The van der Waals surface area contributed by atoms with Gasteiger partial charge in [0.1, 0.15) is 0 Å². The van der Waals surface area contributed by atoms with E-state index in [1.807, 2.05) is 0 Å². The summed E-state index contributed by atoms with van der Waals surface area (Å²) in [5.41, 5.74) is 0. The molecule has 2 atom stereocenters. The van der Waals surface area contributed by atoms with Gasteiger partial charge in [-0.3, -0.25) is 4.79 Å². The highest BCUT2D eigenvalue weighted by Crippen LogP contribution is 2.16. The lowest BCUT2D eigenvalue weighted by Crippen LogP contribution is -2.33. The zero-order chi connectivity index (χ0) is 12.0. The van der Waals surface area contributed by atoms with E-state index >= 15 is 0 Å². The molecule has 4 nitrogen and oxygen atoms in total. The van der Waals surface area contributed by atoms with Gasteiger partial charge in [-0.05, 0) is 26.2 Å². The fraction of sp³-hybridized carbons (Fsp3) is 0.917. The van der Waals surface area contributed by atoms with Crippen molar-refractivity contribution in [1.82, 2.24) is 10.2 Å². The molecule has 0 saturated carbocycles. The first-order valence-electron chi connectivity index (χ1n) is 6.14. The van der Waals surface area contributed by atoms with Gasteiger partial charge in [0.05, 0.1) is 6.10 Å². The van der Waals surface area contributed by atoms with E-state index in [0.29, 0.717) is 18.6 Å². The Morgan fingerprint density at radius 3 is 2.88 bits per heavy atom. The van der Waals surface area contributed by atoms with Gasteiger partial charge in [-0.25, -0.2) is 0 Å². The molecule has 0 aromatic heterocycles. The summed E-state index contributed by atoms with van der Waals surface area (Å²) in [6, 6.07) is 0.429. The molecule has 0 aromatic rings. The Labute approximate surface area is 98.3 Å². The second-order valence-electron chi connectivity index (χ2n) is 4.76. The van der Waals surface area contributed by atoms with Crippen molar-refractivity contribution in [2.24, 2.45) is 0 Å². The molecule has 94 valence electrons. The van der Waals surface area contributed by atoms with Gasteiger partial charge in [-0.15, -0.1) is 0 Å². The Hall–Kier alpha value is -0.610. The Balaban J connectivity index is 2.05. The third-order valence-corrected chi connectivity index (χ3v) is 2.97. The number of nitrogens with zero attached hydrogens (tertiary/aromatic N) is 1. The highest BCUT2D eigenvalue weighted by atomic mass is 16.5. The number of amides is 1. The van der Waals surface area contributed by atoms with Gasteiger partial charge in [-0.1, -0.05) is 0 Å². The van der Waals surface area contributed by atoms with Crippen LogP contribution in [-0.2, 0) is 9.53 Å². The van der Waals surface area contributed by atoms with Gasteiger partial charge < -0.3 is 15.0 Å². The Bertz CT molecular complexity index is 213. The minimum Gasteiger partial charge on any atom is -0.378 e. The van der Waals surface area contributed by atoms with E-state index in [-0.39, 0.29) is 5.91 Å². The zero-order valence-electron chi connectivity index (χ0n) is 10.7. The van der Waals surface area contributed by atoms with E-state index in [0.717, 1.165) is 19.6 Å². The summed E-state index contributed by atoms with van der Waals surface area (Å²) in [6.07, 6.45) is 4.42. The molecule has 1 N–H and O–H groups in total. The van der Waals surface area contributed by atoms with Crippen LogP contribution in [0, 0.1) is 0 Å². The van der Waals surface area contributed by atoms with Crippen LogP contribution in [0.25, 0.3) is 0 Å². The number of carbonyl (C=O) groups excluding carboxylic acids is 1. The molecule has 0 spiro atoms. The third-order valence-electron chi connectivity index (χ3n) is 2.97. The van der Waals surface area contributed by atoms with E-state index < -0.39 is 0 Å². The molecule has 2 unspecified atom stereocenters. The molecule has 1 aliphatic rings. The largest absolute Gasteiger partial charge is 0.378 e. The topological polar surface area (TPSA) is 41.6 Å². The molecule has 1 aliphatic heterocycles. The van der Waals surface area contributed by atoms with Crippen LogP contribution in [0.2, 0.25) is 0 Å². The molecule has 1 heterocycles. The number of ether oxygens (including phenoxy) is 1. The van der Waals surface area contributed by atoms with Crippen LogP contribution < -0.4 is 5.32 Å². The molecule has 1 saturated heterocycles. The van der Waals surface area contributed by atoms with Crippen LogP contribution in [-0.4, -0.2) is 50.2 Å². The summed E-state index contributed by atoms with van der Waals surface area (Å²) >= 11 is 0. The van der Waals surface area contributed by atoms with Gasteiger partial charge in [-0.2, -0.15) is 0 Å². The molecule has 0 aromatic carbocycles. The number of carbonyl (C=O) groups is 1. The Kier molecular flexibility index (Phi) is 5.77. The Morgan fingerprint density at radius 2 is 2.31 bits per heavy atom. The molecule has 1 fully saturated rings. The van der Waals surface area contributed by atoms with Gasteiger partial charge in [0.15, 0.2) is 0 Å². The maximum Gasteiger partial charge on any atom is 0.223 e. The predicted molar refractivity (Wildman–Crippen MR) is 64.4 cm³/mol. The fourth-order valence-corrected chi connectivity index (χ4v) is 1.96. The summed E-state index contributed by atoms with van der Waals surface area (Å²) in [4.78, 5) is 13.0. The molecular formula is C12H24N2O2. The van der Waals surface area contributed by atoms with Crippen molar-refractivity contribution in [2.45, 2.75) is 44.8 Å². The van der Waals surface area contributed by atoms with E-state index in [1.165, 1.54) is 12.8 Å². The molecule has 0 bridgehead atoms. The van der Waals surface area contributed by atoms with E-state index in [1.54, 1.807) is 19.0 Å². The van der Waals surface area contributed by atoms with Crippen LogP contribution in [0.1, 0.15) is 32.6 Å². The van der Waals surface area contributed by atoms with Crippen molar-refractivity contribution in [3.05, 3.63) is 0 Å². The molecule has 1 amide bonds. The first-order valence-corrected chi connectivity index (χ1v) is 6.14. The maximum absolute atomic E-state index is 11.3. The van der Waals surface area contributed by atoms with Crippen LogP contribution in [0.15, 0.2) is 0 Å². The monoisotopic (exact) mass is 228 g/mol. The highest BCUT2D eigenvalue weighted by Gasteiger charge is 2.18. The van der Waals surface area contributed by atoms with E-state index in [2.05, 4.69) is 12.2 Å². The van der Waals surface area contributed by atoms with Crippen molar-refractivity contribution >= 4 is 5.91 Å². The summed E-state index contributed by atoms with van der Waals surface area (Å²) in [5.74, 6) is 0.178. The van der Waals surface area contributed by atoms with Crippen LogP contribution >= 0.6 is 0 Å². The lowest BCUT2D eigenvalue weighted by Gasteiger charge is -2.18. The second-order valence-corrected chi connectivity index (χ2v) is 4.76. The van der Waals surface area contributed by atoms with Crippen LogP contribution in [0.4, 0.5) is 0 Å². The van der Waals surface area contributed by atoms with Crippen LogP contribution in [0.5, 0.6) is 0 Å². The Morgan fingerprint density at radius 1 is 1.56 bits per heavy atom. The molecule has 0 radical (unpaired) electrons. The third kappa shape index (κ3) is 4.94. The first kappa shape index (κ1) is 13.5. The summed E-state index contributed by atoms with van der Waals surface area (Å²) < 4.78 is 5.57. The second kappa shape index (κ2) is 6.86. The number of rotatable bonds is 6. The zero-order valence-corrected chi connectivity index (χ0v) is 10.7. The van der Waals surface area contributed by atoms with Gasteiger partial charge in [0, 0.05) is 39.7 Å². The normalized spacial score (nSPS) is 22.1. The van der Waals surface area contributed by atoms with E-state index in [4.69, 9.17) is 4.74 Å². The molecule has 16 heavy (non-hydrogen) atoms. The number of hydrogen-bond donors (Lipinski definition) is 1. The van der Waals surface area contributed by atoms with Gasteiger partial charge in [0.2, 0.25) is 5.91 Å². The SMILES string of the molecule is CC(CC1CCCO1)NCCC(=O)N(C)C. The average molecular weight is 228 g/mol. The summed E-state index contributed by atoms with van der Waals surface area (Å²) in [7, 11) is 3.58. The van der Waals surface area contributed by atoms with Crippen molar-refractivity contribution in [1.29, 1.82) is 0 Å². The number of nitrogens with one attached hydrogen (secondary N) is 1. The van der Waals surface area contributed by atoms with Crippen molar-refractivity contribution < 1.29 is 9.53 Å². The molecule has 1 rings (SSSR count). The smallest absolute Gasteiger partial charge is 0.223 e. The molecule has 0 aliphatic carbocycles. The summed E-state index contributed by atoms with van der Waals surface area (Å²) in [5, 5.41) is 3.37. The minimum atomic E-state index is 0.178. The predicted octanol–water partition coefficient (Wildman–Crippen LogP) is 1.01. The highest BCUT2D eigenvalue weighted by molar-refractivity contribution is 5.75.